The molecule has 1 N–H and O–H groups in total. The van der Waals surface area contributed by atoms with Crippen molar-refractivity contribution >= 4 is 11.9 Å². The van der Waals surface area contributed by atoms with Gasteiger partial charge < -0.3 is 24.4 Å². The number of carbonyl (C=O) groups excluding carboxylic acids is 2. The molecule has 1 unspecified atom stereocenters. The smallest absolute Gasteiger partial charge is 0.322 e. The lowest BCUT2D eigenvalue weighted by Gasteiger charge is -2.33. The molecule has 1 atom stereocenters. The first-order valence-electron chi connectivity index (χ1n) is 11.3. The van der Waals surface area contributed by atoms with Crippen molar-refractivity contribution in [3.63, 3.8) is 0 Å². The predicted octanol–water partition coefficient (Wildman–Crippen LogP) is 1.77. The maximum absolute atomic E-state index is 13.6. The molecule has 33 heavy (non-hydrogen) atoms. The summed E-state index contributed by atoms with van der Waals surface area (Å²) in [5, 5.41) is 3.00. The van der Waals surface area contributed by atoms with Crippen molar-refractivity contribution in [3.8, 4) is 11.5 Å². The molecule has 1 fully saturated rings. The number of urea groups is 1. The first-order valence-corrected chi connectivity index (χ1v) is 11.3. The summed E-state index contributed by atoms with van der Waals surface area (Å²) in [6, 6.07) is 4.52. The largest absolute Gasteiger partial charge is 0.497 e. The molecule has 9 nitrogen and oxygen atoms in total. The van der Waals surface area contributed by atoms with Crippen LogP contribution in [0.15, 0.2) is 42.1 Å². The third-order valence-corrected chi connectivity index (χ3v) is 6.36. The minimum atomic E-state index is -0.615. The van der Waals surface area contributed by atoms with Gasteiger partial charge in [0.25, 0.3) is 5.91 Å². The maximum atomic E-state index is 13.6. The third kappa shape index (κ3) is 4.69. The zero-order valence-corrected chi connectivity index (χ0v) is 19.3. The van der Waals surface area contributed by atoms with Crippen molar-refractivity contribution in [1.82, 2.24) is 20.0 Å². The molecule has 1 aromatic carbocycles. The summed E-state index contributed by atoms with van der Waals surface area (Å²) in [5.74, 6) is 1.16. The van der Waals surface area contributed by atoms with Crippen LogP contribution in [0.25, 0.3) is 0 Å². The molecule has 3 heterocycles. The summed E-state index contributed by atoms with van der Waals surface area (Å²) in [7, 11) is 3.15. The fourth-order valence-electron chi connectivity index (χ4n) is 4.66. The second-order valence-corrected chi connectivity index (χ2v) is 8.28. The van der Waals surface area contributed by atoms with E-state index in [4.69, 9.17) is 14.2 Å². The van der Waals surface area contributed by atoms with Gasteiger partial charge in [0.1, 0.15) is 11.5 Å². The summed E-state index contributed by atoms with van der Waals surface area (Å²) >= 11 is 0. The summed E-state index contributed by atoms with van der Waals surface area (Å²) in [5.41, 5.74) is 2.00. The van der Waals surface area contributed by atoms with E-state index in [1.54, 1.807) is 37.3 Å². The van der Waals surface area contributed by atoms with Gasteiger partial charge in [-0.25, -0.2) is 4.79 Å². The van der Waals surface area contributed by atoms with Crippen LogP contribution in [0.5, 0.6) is 11.5 Å². The van der Waals surface area contributed by atoms with E-state index in [1.807, 2.05) is 11.0 Å². The molecule has 0 aromatic heterocycles. The Hall–Kier alpha value is -3.04. The SMILES string of the molecule is C=CCN1C(=O)NC(c2cc(OC)ccc2OC)C2=C1CN(CCCN1CCOCC1)C2=O. The number of morpholine rings is 1. The summed E-state index contributed by atoms with van der Waals surface area (Å²) in [6.07, 6.45) is 2.53. The number of carbonyl (C=O) groups is 2. The lowest BCUT2D eigenvalue weighted by molar-refractivity contribution is -0.125. The van der Waals surface area contributed by atoms with Gasteiger partial charge in [0.2, 0.25) is 0 Å². The van der Waals surface area contributed by atoms with Gasteiger partial charge >= 0.3 is 6.03 Å². The van der Waals surface area contributed by atoms with Gasteiger partial charge in [0.05, 0.1) is 51.3 Å². The van der Waals surface area contributed by atoms with E-state index >= 15 is 0 Å². The molecule has 0 bridgehead atoms. The quantitative estimate of drug-likeness (QED) is 0.571. The molecule has 0 spiro atoms. The van der Waals surface area contributed by atoms with E-state index in [1.165, 1.54) is 0 Å². The molecule has 1 saturated heterocycles. The average Bonchev–Trinajstić information content (AvgIpc) is 3.17. The Bertz CT molecular complexity index is 941. The summed E-state index contributed by atoms with van der Waals surface area (Å²) in [4.78, 5) is 32.4. The summed E-state index contributed by atoms with van der Waals surface area (Å²) < 4.78 is 16.3. The number of ether oxygens (including phenoxy) is 3. The molecule has 3 amide bonds. The van der Waals surface area contributed by atoms with E-state index in [9.17, 15) is 9.59 Å². The lowest BCUT2D eigenvalue weighted by atomic mass is 9.94. The van der Waals surface area contributed by atoms with Crippen molar-refractivity contribution < 1.29 is 23.8 Å². The van der Waals surface area contributed by atoms with Crippen molar-refractivity contribution in [2.75, 3.05) is 66.7 Å². The molecule has 4 rings (SSSR count). The van der Waals surface area contributed by atoms with Gasteiger partial charge in [-0.15, -0.1) is 6.58 Å². The molecule has 0 aliphatic carbocycles. The van der Waals surface area contributed by atoms with Crippen LogP contribution in [-0.2, 0) is 9.53 Å². The first kappa shape index (κ1) is 23.1. The van der Waals surface area contributed by atoms with Crippen LogP contribution in [-0.4, -0.2) is 93.3 Å². The second kappa shape index (κ2) is 10.3. The number of hydrogen-bond acceptors (Lipinski definition) is 6. The molecule has 0 saturated carbocycles. The molecular formula is C24H32N4O5. The fourth-order valence-corrected chi connectivity index (χ4v) is 4.66. The van der Waals surface area contributed by atoms with Gasteiger partial charge in [-0.1, -0.05) is 6.08 Å². The Kier molecular flexibility index (Phi) is 7.20. The Balaban J connectivity index is 1.59. The van der Waals surface area contributed by atoms with Crippen LogP contribution in [0.1, 0.15) is 18.0 Å². The highest BCUT2D eigenvalue weighted by atomic mass is 16.5. The highest BCUT2D eigenvalue weighted by Crippen LogP contribution is 2.40. The standard InChI is InChI=1S/C24H32N4O5/c1-4-8-28-19-16-27(10-5-9-26-11-13-33-14-12-26)23(29)21(19)22(25-24(28)30)18-15-17(31-2)6-7-20(18)32-3/h4,6-7,15,22H,1,5,8-14,16H2,2-3H3,(H,25,30). The number of nitrogens with zero attached hydrogens (tertiary/aromatic N) is 3. The number of nitrogens with one attached hydrogen (secondary N) is 1. The van der Waals surface area contributed by atoms with Crippen molar-refractivity contribution in [1.29, 1.82) is 0 Å². The topological polar surface area (TPSA) is 83.6 Å². The van der Waals surface area contributed by atoms with Crippen LogP contribution >= 0.6 is 0 Å². The molecule has 9 heteroatoms. The molecule has 3 aliphatic heterocycles. The zero-order chi connectivity index (χ0) is 23.4. The van der Waals surface area contributed by atoms with E-state index in [0.29, 0.717) is 42.3 Å². The van der Waals surface area contributed by atoms with E-state index in [0.717, 1.165) is 45.0 Å². The van der Waals surface area contributed by atoms with Crippen LogP contribution in [0.2, 0.25) is 0 Å². The van der Waals surface area contributed by atoms with Gasteiger partial charge in [-0.2, -0.15) is 0 Å². The lowest BCUT2D eigenvalue weighted by Crippen LogP contribution is -2.47. The third-order valence-electron chi connectivity index (χ3n) is 6.36. The van der Waals surface area contributed by atoms with Crippen molar-refractivity contribution in [3.05, 3.63) is 47.7 Å². The van der Waals surface area contributed by atoms with Gasteiger partial charge in [-0.3, -0.25) is 14.6 Å². The van der Waals surface area contributed by atoms with Crippen LogP contribution in [0.3, 0.4) is 0 Å². The minimum Gasteiger partial charge on any atom is -0.497 e. The van der Waals surface area contributed by atoms with Crippen molar-refractivity contribution in [2.24, 2.45) is 0 Å². The maximum Gasteiger partial charge on any atom is 0.322 e. The van der Waals surface area contributed by atoms with E-state index in [2.05, 4.69) is 16.8 Å². The average molecular weight is 457 g/mol. The van der Waals surface area contributed by atoms with Crippen LogP contribution in [0.4, 0.5) is 4.79 Å². The number of benzene rings is 1. The first-order chi connectivity index (χ1) is 16.1. The highest BCUT2D eigenvalue weighted by Gasteiger charge is 2.44. The molecule has 3 aliphatic rings. The number of methoxy groups -OCH3 is 2. The summed E-state index contributed by atoms with van der Waals surface area (Å²) in [6.45, 7) is 9.41. The molecule has 1 aromatic rings. The molecule has 178 valence electrons. The fraction of sp³-hybridized carbons (Fsp3) is 0.500. The second-order valence-electron chi connectivity index (χ2n) is 8.28. The van der Waals surface area contributed by atoms with E-state index < -0.39 is 6.04 Å². The Morgan fingerprint density at radius 1 is 1.18 bits per heavy atom. The number of amides is 3. The predicted molar refractivity (Wildman–Crippen MR) is 123 cm³/mol. The van der Waals surface area contributed by atoms with Crippen molar-refractivity contribution in [2.45, 2.75) is 12.5 Å². The van der Waals surface area contributed by atoms with Crippen LogP contribution in [0, 0.1) is 0 Å². The Morgan fingerprint density at radius 3 is 2.67 bits per heavy atom. The van der Waals surface area contributed by atoms with Crippen LogP contribution < -0.4 is 14.8 Å². The van der Waals surface area contributed by atoms with E-state index in [-0.39, 0.29) is 11.9 Å². The monoisotopic (exact) mass is 456 g/mol. The van der Waals surface area contributed by atoms with Gasteiger partial charge in [0.15, 0.2) is 0 Å². The highest BCUT2D eigenvalue weighted by molar-refractivity contribution is 6.01. The normalized spacial score (nSPS) is 21.2. The van der Waals surface area contributed by atoms with Gasteiger partial charge in [-0.05, 0) is 24.6 Å². The Labute approximate surface area is 194 Å². The molecular weight excluding hydrogens is 424 g/mol. The van der Waals surface area contributed by atoms with Gasteiger partial charge in [0, 0.05) is 38.3 Å². The number of hydrogen-bond donors (Lipinski definition) is 1. The minimum absolute atomic E-state index is 0.0593. The number of rotatable bonds is 9. The Morgan fingerprint density at radius 2 is 1.97 bits per heavy atom. The zero-order valence-electron chi connectivity index (χ0n) is 19.3. The molecule has 0 radical (unpaired) electrons.